The summed E-state index contributed by atoms with van der Waals surface area (Å²) >= 11 is 0. The van der Waals surface area contributed by atoms with Gasteiger partial charge < -0.3 is 14.0 Å². The average molecular weight is 1050 g/mol. The van der Waals surface area contributed by atoms with Gasteiger partial charge in [-0.05, 0) is 62.8 Å². The number of rotatable bonds is 7. The van der Waals surface area contributed by atoms with Crippen molar-refractivity contribution in [3.8, 4) is 39.5 Å². The Kier molecular flexibility index (Phi) is 12.7. The van der Waals surface area contributed by atoms with E-state index >= 15 is 0 Å². The molecule has 329 valence electrons. The normalized spacial score (nSPS) is 12.4. The quantitative estimate of drug-likeness (QED) is 0.118. The molecular weight excluding hydrogens is 996 g/mol. The summed E-state index contributed by atoms with van der Waals surface area (Å²) in [4.78, 5) is 14.5. The molecule has 0 spiro atoms. The molecule has 0 saturated carbocycles. The Balaban J connectivity index is 0.000000222. The Hall–Kier alpha value is -6.05. The van der Waals surface area contributed by atoms with Crippen LogP contribution < -0.4 is 5.19 Å². The van der Waals surface area contributed by atoms with Gasteiger partial charge in [-0.1, -0.05) is 157 Å². The van der Waals surface area contributed by atoms with Crippen LogP contribution in [-0.4, -0.2) is 27.6 Å². The summed E-state index contributed by atoms with van der Waals surface area (Å²) in [6, 6.07) is 50.6. The number of halogens is 1. The molecule has 10 aromatic rings. The van der Waals surface area contributed by atoms with Crippen LogP contribution in [-0.2, 0) is 25.5 Å². The maximum absolute atomic E-state index is 15.0. The standard InChI is InChI=1S/C38H27FN3O.C19H26NSi.Ir/c1-38(2,3)30-18-10-15-27(23-11-5-4-6-12-23)34(30)42-32-21-25(39)19-20-31(32)41-36(42)29-17-9-16-28-33-26-14-8-7-13-24(26)22-40-37(33)43-35(28)29;1-14(2)15(3)17-12-18(16-10-8-7-9-11-16)20-13-19(17)21(4,5)6;/h4-16,18-22H,1-3H3;7-10,12-15H,1-6H3;/q2*-1;. The zero-order valence-electron chi connectivity index (χ0n) is 38.4. The molecule has 0 N–H and O–H groups in total. The average Bonchev–Trinajstić information content (AvgIpc) is 3.87. The van der Waals surface area contributed by atoms with Crippen LogP contribution in [0.1, 0.15) is 58.6 Å². The number of aromatic nitrogens is 4. The van der Waals surface area contributed by atoms with Crippen molar-refractivity contribution < 1.29 is 28.9 Å². The van der Waals surface area contributed by atoms with E-state index in [4.69, 9.17) is 14.4 Å². The summed E-state index contributed by atoms with van der Waals surface area (Å²) in [6.07, 6.45) is 3.96. The molecule has 0 amide bonds. The Bertz CT molecular complexity index is 3310. The third-order valence-electron chi connectivity index (χ3n) is 12.4. The van der Waals surface area contributed by atoms with Gasteiger partial charge in [0.1, 0.15) is 5.82 Å². The van der Waals surface area contributed by atoms with Crippen LogP contribution in [0.25, 0.3) is 83.3 Å². The Morgan fingerprint density at radius 1 is 0.738 bits per heavy atom. The molecule has 0 aliphatic rings. The van der Waals surface area contributed by atoms with Gasteiger partial charge in [-0.15, -0.1) is 54.1 Å². The van der Waals surface area contributed by atoms with Crippen molar-refractivity contribution in [2.75, 3.05) is 0 Å². The first-order valence-corrected chi connectivity index (χ1v) is 25.6. The minimum Gasteiger partial charge on any atom is -0.486 e. The third-order valence-corrected chi connectivity index (χ3v) is 14.4. The Morgan fingerprint density at radius 2 is 1.49 bits per heavy atom. The van der Waals surface area contributed by atoms with Gasteiger partial charge in [0.25, 0.3) is 0 Å². The monoisotopic (exact) mass is 1050 g/mol. The zero-order chi connectivity index (χ0) is 44.9. The summed E-state index contributed by atoms with van der Waals surface area (Å²) in [5.41, 5.74) is 10.8. The molecule has 6 aromatic carbocycles. The van der Waals surface area contributed by atoms with E-state index in [2.05, 4.69) is 144 Å². The van der Waals surface area contributed by atoms with Crippen molar-refractivity contribution in [3.63, 3.8) is 0 Å². The van der Waals surface area contributed by atoms with Crippen LogP contribution in [0.5, 0.6) is 0 Å². The Labute approximate surface area is 396 Å². The van der Waals surface area contributed by atoms with Crippen molar-refractivity contribution in [2.45, 2.75) is 72.5 Å². The second-order valence-corrected chi connectivity index (χ2v) is 24.2. The van der Waals surface area contributed by atoms with E-state index in [0.717, 1.165) is 55.2 Å². The fourth-order valence-electron chi connectivity index (χ4n) is 8.75. The van der Waals surface area contributed by atoms with Crippen molar-refractivity contribution in [1.82, 2.24) is 19.5 Å². The SMILES string of the molecule is CC(C)(C)c1cccc(-c2ccccc2)c1-n1c(-c2[c-]ccc3c2oc2ncc4ccccc4c23)nc2ccc(F)cc21.CC(C)C(C)c1cc(-c2[c-]cccc2)ncc1[Si](C)(C)C.[Ir]. The number of imidazole rings is 1. The first-order chi connectivity index (χ1) is 30.7. The molecule has 1 unspecified atom stereocenters. The maximum Gasteiger partial charge on any atom is 0.216 e. The van der Waals surface area contributed by atoms with Crippen LogP contribution in [0, 0.1) is 23.9 Å². The molecule has 0 aliphatic carbocycles. The summed E-state index contributed by atoms with van der Waals surface area (Å²) in [6.45, 7) is 20.7. The number of pyridine rings is 2. The molecule has 1 atom stereocenters. The van der Waals surface area contributed by atoms with Crippen molar-refractivity contribution in [1.29, 1.82) is 0 Å². The van der Waals surface area contributed by atoms with E-state index in [9.17, 15) is 4.39 Å². The number of furan rings is 1. The molecule has 8 heteroatoms. The second kappa shape index (κ2) is 18.1. The molecular formula is C57H53FIrN4OSi-2. The first-order valence-electron chi connectivity index (χ1n) is 22.1. The molecule has 1 radical (unpaired) electrons. The van der Waals surface area contributed by atoms with Gasteiger partial charge in [0.05, 0.1) is 36.2 Å². The second-order valence-electron chi connectivity index (χ2n) is 19.2. The van der Waals surface area contributed by atoms with Gasteiger partial charge in [0.2, 0.25) is 5.71 Å². The first kappa shape index (κ1) is 45.5. The molecule has 0 fully saturated rings. The summed E-state index contributed by atoms with van der Waals surface area (Å²) in [7, 11) is -1.38. The topological polar surface area (TPSA) is 56.7 Å². The van der Waals surface area contributed by atoms with Gasteiger partial charge in [0, 0.05) is 48.8 Å². The fraction of sp³-hybridized carbons (Fsp3) is 0.211. The number of hydrogen-bond acceptors (Lipinski definition) is 4. The minimum absolute atomic E-state index is 0. The van der Waals surface area contributed by atoms with E-state index in [0.29, 0.717) is 45.6 Å². The van der Waals surface area contributed by atoms with Crippen molar-refractivity contribution in [2.24, 2.45) is 5.92 Å². The smallest absolute Gasteiger partial charge is 0.216 e. The predicted octanol–water partition coefficient (Wildman–Crippen LogP) is 14.9. The molecule has 4 heterocycles. The zero-order valence-corrected chi connectivity index (χ0v) is 41.8. The molecule has 10 rings (SSSR count). The molecule has 65 heavy (non-hydrogen) atoms. The van der Waals surface area contributed by atoms with Crippen molar-refractivity contribution >= 4 is 57.1 Å². The maximum atomic E-state index is 15.0. The number of para-hydroxylation sites is 1. The summed E-state index contributed by atoms with van der Waals surface area (Å²) in [5, 5.41) is 5.50. The van der Waals surface area contributed by atoms with Crippen LogP contribution in [0.2, 0.25) is 19.6 Å². The number of fused-ring (bicyclic) bond motifs is 6. The largest absolute Gasteiger partial charge is 0.486 e. The third kappa shape index (κ3) is 8.75. The van der Waals surface area contributed by atoms with Gasteiger partial charge in [-0.2, -0.15) is 0 Å². The van der Waals surface area contributed by atoms with Gasteiger partial charge in [-0.3, -0.25) is 4.98 Å². The van der Waals surface area contributed by atoms with E-state index in [1.54, 1.807) is 12.1 Å². The van der Waals surface area contributed by atoms with Crippen LogP contribution in [0.4, 0.5) is 4.39 Å². The van der Waals surface area contributed by atoms with Crippen LogP contribution >= 0.6 is 0 Å². The summed E-state index contributed by atoms with van der Waals surface area (Å²) < 4.78 is 23.6. The molecule has 0 aliphatic heterocycles. The minimum atomic E-state index is -1.38. The number of hydrogen-bond donors (Lipinski definition) is 0. The Morgan fingerprint density at radius 3 is 2.22 bits per heavy atom. The number of nitrogens with zero attached hydrogens (tertiary/aromatic N) is 4. The van der Waals surface area contributed by atoms with E-state index < -0.39 is 8.07 Å². The fourth-order valence-corrected chi connectivity index (χ4v) is 10.4. The van der Waals surface area contributed by atoms with E-state index in [1.807, 2.05) is 66.9 Å². The van der Waals surface area contributed by atoms with Crippen LogP contribution in [0.3, 0.4) is 0 Å². The summed E-state index contributed by atoms with van der Waals surface area (Å²) in [5.74, 6) is 1.49. The van der Waals surface area contributed by atoms with Gasteiger partial charge in [0.15, 0.2) is 0 Å². The van der Waals surface area contributed by atoms with Gasteiger partial charge >= 0.3 is 0 Å². The molecule has 5 nitrogen and oxygen atoms in total. The molecule has 0 bridgehead atoms. The van der Waals surface area contributed by atoms with E-state index in [-0.39, 0.29) is 31.3 Å². The van der Waals surface area contributed by atoms with Crippen molar-refractivity contribution in [3.05, 3.63) is 175 Å². The number of benzene rings is 6. The molecule has 0 saturated heterocycles. The van der Waals surface area contributed by atoms with E-state index in [1.165, 1.54) is 16.8 Å². The van der Waals surface area contributed by atoms with Crippen LogP contribution in [0.15, 0.2) is 150 Å². The predicted molar refractivity (Wildman–Crippen MR) is 267 cm³/mol. The molecule has 4 aromatic heterocycles. The van der Waals surface area contributed by atoms with Gasteiger partial charge in [-0.25, -0.2) is 9.37 Å².